The van der Waals surface area contributed by atoms with Gasteiger partial charge in [-0.1, -0.05) is 30.4 Å². The lowest BCUT2D eigenvalue weighted by Gasteiger charge is -2.12. The van der Waals surface area contributed by atoms with Gasteiger partial charge in [-0.3, -0.25) is 4.98 Å². The predicted molar refractivity (Wildman–Crippen MR) is 361 cm³/mol. The zero-order valence-corrected chi connectivity index (χ0v) is 55.3. The molecule has 20 heteroatoms. The van der Waals surface area contributed by atoms with Crippen LogP contribution < -0.4 is 28.4 Å². The Morgan fingerprint density at radius 1 is 0.457 bits per heavy atom. The molecule has 0 aliphatic heterocycles. The Bertz CT molecular complexity index is 3950. The van der Waals surface area contributed by atoms with Crippen LogP contribution in [0.5, 0.6) is 34.5 Å². The van der Waals surface area contributed by atoms with Crippen molar-refractivity contribution in [2.45, 2.75) is 86.7 Å². The molecule has 1 aliphatic carbocycles. The number of methoxy groups -OCH3 is 3. The van der Waals surface area contributed by atoms with Crippen molar-refractivity contribution in [2.24, 2.45) is 0 Å². The maximum Gasteiger partial charge on any atom is 0.357 e. The highest BCUT2D eigenvalue weighted by molar-refractivity contribution is 7.09. The predicted octanol–water partition coefficient (Wildman–Crippen LogP) is 15.6. The van der Waals surface area contributed by atoms with Crippen LogP contribution in [0.4, 0.5) is 0 Å². The molecule has 0 fully saturated rings. The van der Waals surface area contributed by atoms with Gasteiger partial charge in [0.2, 0.25) is 0 Å². The van der Waals surface area contributed by atoms with E-state index in [1.165, 1.54) is 18.4 Å². The van der Waals surface area contributed by atoms with E-state index in [-0.39, 0.29) is 48.6 Å². The van der Waals surface area contributed by atoms with Crippen LogP contribution in [0.25, 0.3) is 45.0 Å². The number of carbonyl (C=O) groups is 4. The van der Waals surface area contributed by atoms with Crippen molar-refractivity contribution in [1.82, 2.24) is 24.9 Å². The molecule has 0 N–H and O–H groups in total. The number of benzene rings is 4. The topological polar surface area (TPSA) is 225 Å². The van der Waals surface area contributed by atoms with Gasteiger partial charge in [-0.15, -0.1) is 11.3 Å². The Morgan fingerprint density at radius 2 is 0.883 bits per heavy atom. The van der Waals surface area contributed by atoms with E-state index in [9.17, 15) is 19.2 Å². The SMILES string of the molecule is CCOc1ccc(-c2cccc(C(=O)OCC3=CCC=C3)n2)cc1.CCOc1ccc(-c2cccc(C(=O)OCc3cncs3)n2)cc1.COC(=O)c1cc(OC)cc(-c2ccc(OC(C)C)cc2)n1.COc1cc(C(=O)OC(C)C)nc(-c2ccc(OC(C)C)cc2)c1. The first-order valence-electron chi connectivity index (χ1n) is 30.4. The normalized spacial score (nSPS) is 11.1. The van der Waals surface area contributed by atoms with Crippen molar-refractivity contribution in [2.75, 3.05) is 41.2 Å². The third kappa shape index (κ3) is 22.3. The van der Waals surface area contributed by atoms with Crippen LogP contribution >= 0.6 is 11.3 Å². The highest BCUT2D eigenvalue weighted by Gasteiger charge is 2.18. The maximum atomic E-state index is 12.2. The zero-order chi connectivity index (χ0) is 67.4. The Hall–Kier alpha value is -10.7. The smallest absolute Gasteiger partial charge is 0.357 e. The first kappa shape index (κ1) is 70.7. The summed E-state index contributed by atoms with van der Waals surface area (Å²) in [5, 5.41) is 0. The Kier molecular flexibility index (Phi) is 27.3. The lowest BCUT2D eigenvalue weighted by atomic mass is 10.1. The molecular weight excluding hydrogens is 1210 g/mol. The summed E-state index contributed by atoms with van der Waals surface area (Å²) in [7, 11) is 4.41. The molecule has 0 radical (unpaired) electrons. The number of hydrogen-bond donors (Lipinski definition) is 0. The molecule has 0 unspecified atom stereocenters. The van der Waals surface area contributed by atoms with Crippen LogP contribution in [-0.2, 0) is 25.6 Å². The average Bonchev–Trinajstić information content (AvgIpc) is 0.978. The lowest BCUT2D eigenvalue weighted by Crippen LogP contribution is -2.13. The van der Waals surface area contributed by atoms with Crippen LogP contribution in [0.1, 0.15) is 109 Å². The van der Waals surface area contributed by atoms with Gasteiger partial charge in [-0.25, -0.2) is 39.1 Å². The Labute approximate surface area is 552 Å². The van der Waals surface area contributed by atoms with Crippen molar-refractivity contribution >= 4 is 35.2 Å². The largest absolute Gasteiger partial charge is 0.497 e. The molecule has 5 heterocycles. The molecule has 0 atom stereocenters. The fourth-order valence-corrected chi connectivity index (χ4v) is 9.15. The highest BCUT2D eigenvalue weighted by Crippen LogP contribution is 2.29. The molecule has 10 rings (SSSR count). The number of thiazole rings is 1. The number of rotatable bonds is 23. The maximum absolute atomic E-state index is 12.2. The third-order valence-electron chi connectivity index (χ3n) is 12.9. The number of esters is 4. The van der Waals surface area contributed by atoms with Gasteiger partial charge in [-0.2, -0.15) is 0 Å². The second kappa shape index (κ2) is 36.3. The van der Waals surface area contributed by atoms with E-state index in [0.29, 0.717) is 47.5 Å². The minimum atomic E-state index is -0.500. The van der Waals surface area contributed by atoms with E-state index in [2.05, 4.69) is 24.9 Å². The van der Waals surface area contributed by atoms with E-state index < -0.39 is 23.9 Å². The number of allylic oxidation sites excluding steroid dienone is 2. The minimum absolute atomic E-state index is 0.114. The van der Waals surface area contributed by atoms with Gasteiger partial charge in [0.25, 0.3) is 0 Å². The van der Waals surface area contributed by atoms with E-state index in [0.717, 1.165) is 67.8 Å². The Morgan fingerprint density at radius 3 is 1.27 bits per heavy atom. The zero-order valence-electron chi connectivity index (χ0n) is 54.5. The van der Waals surface area contributed by atoms with E-state index in [4.69, 9.17) is 47.4 Å². The molecule has 94 heavy (non-hydrogen) atoms. The molecule has 5 aromatic heterocycles. The number of nitrogens with zero attached hydrogens (tertiary/aromatic N) is 5. The number of hydrogen-bond acceptors (Lipinski definition) is 20. The third-order valence-corrected chi connectivity index (χ3v) is 13.7. The monoisotopic (exact) mass is 1290 g/mol. The number of pyridine rings is 4. The summed E-state index contributed by atoms with van der Waals surface area (Å²) < 4.78 is 53.1. The Balaban J connectivity index is 0.000000177. The molecule has 0 amide bonds. The van der Waals surface area contributed by atoms with Gasteiger partial charge in [0.1, 0.15) is 59.1 Å². The number of ether oxygens (including phenoxy) is 10. The van der Waals surface area contributed by atoms with Crippen LogP contribution in [0.2, 0.25) is 0 Å². The lowest BCUT2D eigenvalue weighted by molar-refractivity contribution is 0.0369. The molecule has 0 spiro atoms. The van der Waals surface area contributed by atoms with E-state index in [1.54, 1.807) is 82.2 Å². The molecule has 19 nitrogen and oxygen atoms in total. The van der Waals surface area contributed by atoms with Crippen LogP contribution in [-0.4, -0.2) is 108 Å². The summed E-state index contributed by atoms with van der Waals surface area (Å²) in [6.45, 7) is 17.1. The van der Waals surface area contributed by atoms with Crippen LogP contribution in [0, 0.1) is 0 Å². The number of aromatic nitrogens is 5. The molecular formula is C74H77N5O14S. The first-order valence-corrected chi connectivity index (χ1v) is 31.3. The summed E-state index contributed by atoms with van der Waals surface area (Å²) in [6, 6.07) is 47.6. The standard InChI is InChI=1S/C20H19NO3.C19H23NO4.C18H16N2O3S.C17H19NO4/c1-2-23-17-12-10-16(11-13-17)18-8-5-9-19(21-18)20(22)24-14-15-6-3-4-7-15;1-12(2)23-15-8-6-14(7-9-15)17-10-16(22-5)11-18(20-17)19(21)24-13(3)4;1-2-22-14-8-6-13(7-9-14)16-4-3-5-17(20-16)18(21)23-11-15-10-19-12-24-15;1-11(2)22-13-7-5-12(6-8-13)15-9-14(20-3)10-16(18-15)17(19)21-4/h3,5-13H,2,4,14H2,1H3;6-13H,1-5H3;3-10,12H,2,11H2,1H3;5-11H,1-4H3. The first-order chi connectivity index (χ1) is 45.4. The quantitative estimate of drug-likeness (QED) is 0.0428. The van der Waals surface area contributed by atoms with Crippen LogP contribution in [0.3, 0.4) is 0 Å². The number of carbonyl (C=O) groups excluding carboxylic acids is 4. The van der Waals surface area contributed by atoms with E-state index in [1.807, 2.05) is 175 Å². The molecule has 0 saturated carbocycles. The van der Waals surface area contributed by atoms with Gasteiger partial charge in [0.05, 0.1) is 86.0 Å². The summed E-state index contributed by atoms with van der Waals surface area (Å²) in [4.78, 5) is 70.5. The van der Waals surface area contributed by atoms with Gasteiger partial charge in [0.15, 0.2) is 11.4 Å². The second-order valence-electron chi connectivity index (χ2n) is 21.2. The molecule has 4 aromatic carbocycles. The molecule has 0 saturated heterocycles. The molecule has 0 bridgehead atoms. The van der Waals surface area contributed by atoms with Gasteiger partial charge < -0.3 is 47.4 Å². The highest BCUT2D eigenvalue weighted by atomic mass is 32.1. The fourth-order valence-electron chi connectivity index (χ4n) is 8.64. The van der Waals surface area contributed by atoms with Crippen molar-refractivity contribution in [1.29, 1.82) is 0 Å². The molecule has 1 aliphatic rings. The fraction of sp³-hybridized carbons (Fsp3) is 0.257. The summed E-state index contributed by atoms with van der Waals surface area (Å²) in [6.07, 6.45) is 8.65. The summed E-state index contributed by atoms with van der Waals surface area (Å²) >= 11 is 1.44. The van der Waals surface area contributed by atoms with Crippen molar-refractivity contribution in [3.05, 3.63) is 221 Å². The summed E-state index contributed by atoms with van der Waals surface area (Å²) in [5.74, 6) is 2.47. The second-order valence-corrected chi connectivity index (χ2v) is 22.1. The van der Waals surface area contributed by atoms with Crippen molar-refractivity contribution in [3.8, 4) is 79.5 Å². The molecule has 9 aromatic rings. The van der Waals surface area contributed by atoms with Crippen molar-refractivity contribution < 1.29 is 66.5 Å². The summed E-state index contributed by atoms with van der Waals surface area (Å²) in [5.41, 5.74) is 10.0. The average molecular weight is 1290 g/mol. The van der Waals surface area contributed by atoms with Crippen LogP contribution in [0.15, 0.2) is 193 Å². The van der Waals surface area contributed by atoms with Gasteiger partial charge >= 0.3 is 23.9 Å². The van der Waals surface area contributed by atoms with Gasteiger partial charge in [-0.05, 0) is 189 Å². The minimum Gasteiger partial charge on any atom is -0.497 e. The van der Waals surface area contributed by atoms with Crippen molar-refractivity contribution in [3.63, 3.8) is 0 Å². The molecule has 488 valence electrons. The van der Waals surface area contributed by atoms with E-state index >= 15 is 0 Å². The van der Waals surface area contributed by atoms with Gasteiger partial charge in [0, 0.05) is 52.7 Å².